The minimum atomic E-state index is -0.598. The van der Waals surface area contributed by atoms with Crippen LogP contribution in [0.2, 0.25) is 5.02 Å². The number of amides is 1. The molecule has 6 nitrogen and oxygen atoms in total. The molecule has 1 fully saturated rings. The second kappa shape index (κ2) is 9.32. The third kappa shape index (κ3) is 4.61. The molecule has 1 aromatic carbocycles. The van der Waals surface area contributed by atoms with E-state index in [1.54, 1.807) is 18.2 Å². The van der Waals surface area contributed by atoms with Gasteiger partial charge in [0.25, 0.3) is 5.91 Å². The van der Waals surface area contributed by atoms with Crippen molar-refractivity contribution < 1.29 is 23.8 Å². The molecule has 1 amide bonds. The van der Waals surface area contributed by atoms with E-state index in [1.165, 1.54) is 44.5 Å². The molecule has 0 unspecified atom stereocenters. The minimum absolute atomic E-state index is 0.207. The van der Waals surface area contributed by atoms with Gasteiger partial charge in [0.05, 0.1) is 20.8 Å². The Bertz CT molecular complexity index is 757. The van der Waals surface area contributed by atoms with Gasteiger partial charge in [-0.3, -0.25) is 4.79 Å². The molecular formula is C21H26ClNO5. The van der Waals surface area contributed by atoms with Crippen LogP contribution in [-0.4, -0.2) is 43.6 Å². The Balaban J connectivity index is 1.71. The summed E-state index contributed by atoms with van der Waals surface area (Å²) in [7, 11) is 2.88. The van der Waals surface area contributed by atoms with Gasteiger partial charge in [-0.2, -0.15) is 0 Å². The van der Waals surface area contributed by atoms with E-state index in [-0.39, 0.29) is 18.4 Å². The van der Waals surface area contributed by atoms with Gasteiger partial charge in [-0.1, -0.05) is 49.8 Å². The molecule has 1 saturated carbocycles. The number of hydrogen-bond donors (Lipinski definition) is 0. The first-order valence-corrected chi connectivity index (χ1v) is 10.0. The first kappa shape index (κ1) is 20.5. The quantitative estimate of drug-likeness (QED) is 0.640. The van der Waals surface area contributed by atoms with Crippen LogP contribution < -0.4 is 9.47 Å². The number of esters is 1. The third-order valence-electron chi connectivity index (χ3n) is 5.41. The Labute approximate surface area is 170 Å². The maximum atomic E-state index is 12.6. The molecule has 28 heavy (non-hydrogen) atoms. The van der Waals surface area contributed by atoms with Gasteiger partial charge in [-0.15, -0.1) is 0 Å². The number of methoxy groups -OCH3 is 2. The lowest BCUT2D eigenvalue weighted by Gasteiger charge is -2.30. The van der Waals surface area contributed by atoms with Crippen molar-refractivity contribution in [3.05, 3.63) is 35.1 Å². The molecule has 1 aromatic rings. The fourth-order valence-corrected chi connectivity index (χ4v) is 4.17. The fourth-order valence-electron chi connectivity index (χ4n) is 3.93. The number of benzene rings is 1. The third-order valence-corrected chi connectivity index (χ3v) is 5.79. The number of rotatable bonds is 7. The zero-order chi connectivity index (χ0) is 20.1. The molecule has 1 aliphatic heterocycles. The summed E-state index contributed by atoms with van der Waals surface area (Å²) in [4.78, 5) is 26.5. The predicted molar refractivity (Wildman–Crippen MR) is 105 cm³/mol. The Morgan fingerprint density at radius 3 is 2.61 bits per heavy atom. The minimum Gasteiger partial charge on any atom is -0.495 e. The number of halogens is 1. The molecule has 0 N–H and O–H groups in total. The SMILES string of the molecule is COC(=O)[C@H](CC1CCCCC1)N1CC(Oc2cccc(OC)c2Cl)=CC1=O. The van der Waals surface area contributed by atoms with E-state index >= 15 is 0 Å². The van der Waals surface area contributed by atoms with Gasteiger partial charge in [0.15, 0.2) is 0 Å². The fraction of sp³-hybridized carbons (Fsp3) is 0.524. The van der Waals surface area contributed by atoms with Crippen LogP contribution in [0.25, 0.3) is 0 Å². The topological polar surface area (TPSA) is 65.1 Å². The van der Waals surface area contributed by atoms with Gasteiger partial charge in [0.2, 0.25) is 0 Å². The highest BCUT2D eigenvalue weighted by atomic mass is 35.5. The van der Waals surface area contributed by atoms with Gasteiger partial charge in [-0.25, -0.2) is 4.79 Å². The van der Waals surface area contributed by atoms with Crippen LogP contribution in [0.5, 0.6) is 11.5 Å². The Morgan fingerprint density at radius 1 is 1.21 bits per heavy atom. The van der Waals surface area contributed by atoms with Crippen molar-refractivity contribution in [3.63, 3.8) is 0 Å². The van der Waals surface area contributed by atoms with Gasteiger partial charge in [0, 0.05) is 6.08 Å². The second-order valence-electron chi connectivity index (χ2n) is 7.23. The van der Waals surface area contributed by atoms with Gasteiger partial charge < -0.3 is 19.1 Å². The van der Waals surface area contributed by atoms with Crippen molar-refractivity contribution in [2.45, 2.75) is 44.6 Å². The van der Waals surface area contributed by atoms with Crippen molar-refractivity contribution in [1.82, 2.24) is 4.90 Å². The first-order chi connectivity index (χ1) is 13.5. The van der Waals surface area contributed by atoms with Crippen molar-refractivity contribution >= 4 is 23.5 Å². The summed E-state index contributed by atoms with van der Waals surface area (Å²) >= 11 is 6.27. The van der Waals surface area contributed by atoms with Gasteiger partial charge in [0.1, 0.15) is 28.3 Å². The predicted octanol–water partition coefficient (Wildman–Crippen LogP) is 3.97. The lowest BCUT2D eigenvalue weighted by molar-refractivity contribution is -0.151. The van der Waals surface area contributed by atoms with E-state index < -0.39 is 6.04 Å². The molecule has 0 spiro atoms. The monoisotopic (exact) mass is 407 g/mol. The van der Waals surface area contributed by atoms with E-state index in [0.29, 0.717) is 34.6 Å². The van der Waals surface area contributed by atoms with Crippen LogP contribution in [0.3, 0.4) is 0 Å². The molecule has 0 aromatic heterocycles. The summed E-state index contributed by atoms with van der Waals surface area (Å²) in [6.07, 6.45) is 7.80. The molecule has 2 aliphatic rings. The Morgan fingerprint density at radius 2 is 1.93 bits per heavy atom. The van der Waals surface area contributed by atoms with E-state index in [1.807, 2.05) is 0 Å². The van der Waals surface area contributed by atoms with E-state index in [2.05, 4.69) is 0 Å². The average Bonchev–Trinajstić information content (AvgIpc) is 3.07. The number of hydrogen-bond acceptors (Lipinski definition) is 5. The Hall–Kier alpha value is -2.21. The second-order valence-corrected chi connectivity index (χ2v) is 7.61. The molecule has 7 heteroatoms. The average molecular weight is 408 g/mol. The van der Waals surface area contributed by atoms with Gasteiger partial charge in [-0.05, 0) is 24.5 Å². The van der Waals surface area contributed by atoms with E-state index in [9.17, 15) is 9.59 Å². The molecule has 3 rings (SSSR count). The van der Waals surface area contributed by atoms with Crippen LogP contribution in [0.4, 0.5) is 0 Å². The van der Waals surface area contributed by atoms with E-state index in [0.717, 1.165) is 12.8 Å². The molecular weight excluding hydrogens is 382 g/mol. The lowest BCUT2D eigenvalue weighted by atomic mass is 9.84. The van der Waals surface area contributed by atoms with Crippen molar-refractivity contribution in [2.24, 2.45) is 5.92 Å². The summed E-state index contributed by atoms with van der Waals surface area (Å²) in [5.74, 6) is 1.14. The standard InChI is InChI=1S/C21H26ClNO5/c1-26-17-9-6-10-18(20(17)22)28-15-12-19(24)23(13-15)16(21(25)27-2)11-14-7-4-3-5-8-14/h6,9-10,12,14,16H,3-5,7-8,11,13H2,1-2H3/t16-/m0/s1. The highest BCUT2D eigenvalue weighted by molar-refractivity contribution is 6.33. The lowest BCUT2D eigenvalue weighted by Crippen LogP contribution is -2.44. The highest BCUT2D eigenvalue weighted by Crippen LogP contribution is 2.36. The molecule has 152 valence electrons. The summed E-state index contributed by atoms with van der Waals surface area (Å²) in [5, 5.41) is 0.337. The molecule has 1 aliphatic carbocycles. The molecule has 1 atom stereocenters. The van der Waals surface area contributed by atoms with Crippen molar-refractivity contribution in [1.29, 1.82) is 0 Å². The zero-order valence-corrected chi connectivity index (χ0v) is 17.0. The maximum Gasteiger partial charge on any atom is 0.328 e. The van der Waals surface area contributed by atoms with Crippen LogP contribution >= 0.6 is 11.6 Å². The van der Waals surface area contributed by atoms with E-state index in [4.69, 9.17) is 25.8 Å². The van der Waals surface area contributed by atoms with Crippen molar-refractivity contribution in [3.8, 4) is 11.5 Å². The largest absolute Gasteiger partial charge is 0.495 e. The molecule has 0 bridgehead atoms. The molecule has 1 heterocycles. The summed E-state index contributed by atoms with van der Waals surface area (Å²) < 4.78 is 16.0. The number of nitrogens with zero attached hydrogens (tertiary/aromatic N) is 1. The zero-order valence-electron chi connectivity index (χ0n) is 16.3. The van der Waals surface area contributed by atoms with Crippen molar-refractivity contribution in [2.75, 3.05) is 20.8 Å². The molecule has 0 radical (unpaired) electrons. The molecule has 0 saturated heterocycles. The van der Waals surface area contributed by atoms with Crippen LogP contribution in [0.1, 0.15) is 38.5 Å². The summed E-state index contributed by atoms with van der Waals surface area (Å²) in [6, 6.07) is 4.60. The Kier molecular flexibility index (Phi) is 6.83. The van der Waals surface area contributed by atoms with Crippen LogP contribution in [0, 0.1) is 5.92 Å². The number of carbonyl (C=O) groups is 2. The number of ether oxygens (including phenoxy) is 3. The first-order valence-electron chi connectivity index (χ1n) is 9.62. The smallest absolute Gasteiger partial charge is 0.328 e. The normalized spacial score (nSPS) is 18.6. The highest BCUT2D eigenvalue weighted by Gasteiger charge is 2.36. The van der Waals surface area contributed by atoms with Crippen LogP contribution in [0.15, 0.2) is 30.0 Å². The summed E-state index contributed by atoms with van der Waals surface area (Å²) in [5.41, 5.74) is 0. The summed E-state index contributed by atoms with van der Waals surface area (Å²) in [6.45, 7) is 0.207. The number of carbonyl (C=O) groups excluding carboxylic acids is 2. The maximum absolute atomic E-state index is 12.6. The van der Waals surface area contributed by atoms with Crippen LogP contribution in [-0.2, 0) is 14.3 Å². The van der Waals surface area contributed by atoms with Gasteiger partial charge >= 0.3 is 5.97 Å².